The summed E-state index contributed by atoms with van der Waals surface area (Å²) < 4.78 is 0. The Morgan fingerprint density at radius 2 is 2.12 bits per heavy atom. The molecule has 1 heterocycles. The maximum Gasteiger partial charge on any atom is 0.176 e. The predicted octanol–water partition coefficient (Wildman–Crippen LogP) is 3.77. The van der Waals surface area contributed by atoms with E-state index < -0.39 is 0 Å². The van der Waals surface area contributed by atoms with Gasteiger partial charge in [-0.3, -0.25) is 4.79 Å². The maximum absolute atomic E-state index is 12.3. The molecule has 0 amide bonds. The third-order valence-corrected chi connectivity index (χ3v) is 4.50. The Kier molecular flexibility index (Phi) is 3.70. The molecule has 2 heteroatoms. The zero-order chi connectivity index (χ0) is 11.5. The first-order chi connectivity index (χ1) is 7.68. The predicted molar refractivity (Wildman–Crippen MR) is 70.3 cm³/mol. The first kappa shape index (κ1) is 11.7. The second-order valence-corrected chi connectivity index (χ2v) is 5.85. The minimum absolute atomic E-state index is 0.204. The Morgan fingerprint density at radius 1 is 1.31 bits per heavy atom. The Bertz CT molecular complexity index is 392. The average molecular weight is 234 g/mol. The van der Waals surface area contributed by atoms with E-state index in [9.17, 15) is 4.79 Å². The van der Waals surface area contributed by atoms with Gasteiger partial charge in [-0.2, -0.15) is 11.8 Å². The van der Waals surface area contributed by atoms with Gasteiger partial charge in [0.25, 0.3) is 0 Å². The molecule has 2 rings (SSSR count). The number of carbonyl (C=O) groups excluding carboxylic acids is 1. The molecule has 1 unspecified atom stereocenters. The summed E-state index contributed by atoms with van der Waals surface area (Å²) in [5, 5.41) is 0.204. The van der Waals surface area contributed by atoms with Crippen molar-refractivity contribution in [2.24, 2.45) is 0 Å². The van der Waals surface area contributed by atoms with Gasteiger partial charge in [0.05, 0.1) is 5.25 Å². The molecule has 1 aliphatic rings. The molecule has 1 aromatic carbocycles. The summed E-state index contributed by atoms with van der Waals surface area (Å²) >= 11 is 1.83. The second-order valence-electron chi connectivity index (χ2n) is 4.54. The van der Waals surface area contributed by atoms with Crippen LogP contribution in [-0.4, -0.2) is 16.8 Å². The molecule has 0 spiro atoms. The Morgan fingerprint density at radius 3 is 2.75 bits per heavy atom. The van der Waals surface area contributed by atoms with Crippen LogP contribution in [0.3, 0.4) is 0 Å². The fraction of sp³-hybridized carbons (Fsp3) is 0.500. The molecule has 86 valence electrons. The van der Waals surface area contributed by atoms with Crippen molar-refractivity contribution in [3.8, 4) is 0 Å². The van der Waals surface area contributed by atoms with Gasteiger partial charge in [-0.05, 0) is 38.0 Å². The molecule has 1 aliphatic heterocycles. The molecule has 1 atom stereocenters. The van der Waals surface area contributed by atoms with Gasteiger partial charge in [-0.1, -0.05) is 30.2 Å². The van der Waals surface area contributed by atoms with E-state index in [0.717, 1.165) is 23.3 Å². The van der Waals surface area contributed by atoms with Crippen molar-refractivity contribution in [3.05, 3.63) is 34.9 Å². The fourth-order valence-corrected chi connectivity index (χ4v) is 3.48. The summed E-state index contributed by atoms with van der Waals surface area (Å²) in [7, 11) is 0. The average Bonchev–Trinajstić information content (AvgIpc) is 2.29. The zero-order valence-electron chi connectivity index (χ0n) is 9.95. The van der Waals surface area contributed by atoms with Crippen LogP contribution in [0, 0.1) is 13.8 Å². The SMILES string of the molecule is Cc1ccc(C(=O)C2CCCCS2)c(C)c1. The minimum atomic E-state index is 0.204. The van der Waals surface area contributed by atoms with Crippen LogP contribution in [0.2, 0.25) is 0 Å². The first-order valence-corrected chi connectivity index (χ1v) is 6.96. The number of rotatable bonds is 2. The van der Waals surface area contributed by atoms with Crippen LogP contribution in [-0.2, 0) is 0 Å². The summed E-state index contributed by atoms with van der Waals surface area (Å²) in [6.07, 6.45) is 3.52. The highest BCUT2D eigenvalue weighted by atomic mass is 32.2. The lowest BCUT2D eigenvalue weighted by Crippen LogP contribution is -2.21. The van der Waals surface area contributed by atoms with Gasteiger partial charge in [0, 0.05) is 5.56 Å². The number of thioether (sulfide) groups is 1. The third kappa shape index (κ3) is 2.49. The standard InChI is InChI=1S/C14H18OS/c1-10-6-7-12(11(2)9-10)14(15)13-5-3-4-8-16-13/h6-7,9,13H,3-5,8H2,1-2H3. The molecule has 0 aliphatic carbocycles. The monoisotopic (exact) mass is 234 g/mol. The Hall–Kier alpha value is -0.760. The number of hydrogen-bond donors (Lipinski definition) is 0. The van der Waals surface area contributed by atoms with Crippen LogP contribution in [0.1, 0.15) is 40.7 Å². The van der Waals surface area contributed by atoms with E-state index in [1.165, 1.54) is 18.4 Å². The van der Waals surface area contributed by atoms with E-state index in [4.69, 9.17) is 0 Å². The van der Waals surface area contributed by atoms with Crippen molar-refractivity contribution >= 4 is 17.5 Å². The minimum Gasteiger partial charge on any atom is -0.293 e. The highest BCUT2D eigenvalue weighted by Crippen LogP contribution is 2.28. The summed E-state index contributed by atoms with van der Waals surface area (Å²) in [5.74, 6) is 1.48. The van der Waals surface area contributed by atoms with Crippen LogP contribution in [0.25, 0.3) is 0 Å². The molecule has 0 N–H and O–H groups in total. The van der Waals surface area contributed by atoms with E-state index in [-0.39, 0.29) is 5.25 Å². The van der Waals surface area contributed by atoms with Gasteiger partial charge in [0.15, 0.2) is 5.78 Å². The maximum atomic E-state index is 12.3. The van der Waals surface area contributed by atoms with Crippen LogP contribution < -0.4 is 0 Å². The van der Waals surface area contributed by atoms with Crippen molar-refractivity contribution in [2.75, 3.05) is 5.75 Å². The van der Waals surface area contributed by atoms with Gasteiger partial charge in [-0.15, -0.1) is 0 Å². The lowest BCUT2D eigenvalue weighted by atomic mass is 9.98. The van der Waals surface area contributed by atoms with Gasteiger partial charge < -0.3 is 0 Å². The third-order valence-electron chi connectivity index (χ3n) is 3.12. The van der Waals surface area contributed by atoms with Gasteiger partial charge >= 0.3 is 0 Å². The smallest absolute Gasteiger partial charge is 0.176 e. The molecular formula is C14H18OS. The molecule has 16 heavy (non-hydrogen) atoms. The summed E-state index contributed by atoms with van der Waals surface area (Å²) in [4.78, 5) is 12.3. The molecule has 1 fully saturated rings. The number of carbonyl (C=O) groups is 1. The van der Waals surface area contributed by atoms with E-state index >= 15 is 0 Å². The summed E-state index contributed by atoms with van der Waals surface area (Å²) in [6.45, 7) is 4.10. The van der Waals surface area contributed by atoms with E-state index in [1.807, 2.05) is 30.8 Å². The number of benzene rings is 1. The highest BCUT2D eigenvalue weighted by Gasteiger charge is 2.23. The quantitative estimate of drug-likeness (QED) is 0.725. The van der Waals surface area contributed by atoms with Gasteiger partial charge in [0.2, 0.25) is 0 Å². The molecule has 0 radical (unpaired) electrons. The van der Waals surface area contributed by atoms with Gasteiger partial charge in [0.1, 0.15) is 0 Å². The van der Waals surface area contributed by atoms with Crippen LogP contribution >= 0.6 is 11.8 Å². The topological polar surface area (TPSA) is 17.1 Å². The highest BCUT2D eigenvalue weighted by molar-refractivity contribution is 8.00. The van der Waals surface area contributed by atoms with Gasteiger partial charge in [-0.25, -0.2) is 0 Å². The first-order valence-electron chi connectivity index (χ1n) is 5.91. The van der Waals surface area contributed by atoms with Crippen LogP contribution in [0.15, 0.2) is 18.2 Å². The van der Waals surface area contributed by atoms with Crippen molar-refractivity contribution in [1.29, 1.82) is 0 Å². The number of ketones is 1. The van der Waals surface area contributed by atoms with E-state index in [2.05, 4.69) is 13.0 Å². The zero-order valence-corrected chi connectivity index (χ0v) is 10.8. The van der Waals surface area contributed by atoms with E-state index in [0.29, 0.717) is 5.78 Å². The Labute approximate surface area is 102 Å². The summed E-state index contributed by atoms with van der Waals surface area (Å²) in [6, 6.07) is 6.12. The second kappa shape index (κ2) is 5.05. The number of aryl methyl sites for hydroxylation is 2. The van der Waals surface area contributed by atoms with Crippen molar-refractivity contribution in [3.63, 3.8) is 0 Å². The molecule has 1 nitrogen and oxygen atoms in total. The van der Waals surface area contributed by atoms with Crippen LogP contribution in [0.5, 0.6) is 0 Å². The normalized spacial score (nSPS) is 20.8. The van der Waals surface area contributed by atoms with E-state index in [1.54, 1.807) is 0 Å². The van der Waals surface area contributed by atoms with Crippen molar-refractivity contribution < 1.29 is 4.79 Å². The number of Topliss-reactive ketones (excluding diaryl/α,β-unsaturated/α-hetero) is 1. The lowest BCUT2D eigenvalue weighted by Gasteiger charge is -2.20. The molecule has 1 aromatic rings. The molecule has 0 bridgehead atoms. The molecule has 0 aromatic heterocycles. The fourth-order valence-electron chi connectivity index (χ4n) is 2.21. The van der Waals surface area contributed by atoms with Crippen molar-refractivity contribution in [1.82, 2.24) is 0 Å². The summed E-state index contributed by atoms with van der Waals surface area (Å²) in [5.41, 5.74) is 3.27. The number of hydrogen-bond acceptors (Lipinski definition) is 2. The molecule has 1 saturated heterocycles. The molecular weight excluding hydrogens is 216 g/mol. The molecule has 0 saturated carbocycles. The largest absolute Gasteiger partial charge is 0.293 e. The Balaban J connectivity index is 2.19. The van der Waals surface area contributed by atoms with Crippen LogP contribution in [0.4, 0.5) is 0 Å². The van der Waals surface area contributed by atoms with Crippen molar-refractivity contribution in [2.45, 2.75) is 38.4 Å². The lowest BCUT2D eigenvalue weighted by molar-refractivity contribution is 0.0984.